The Morgan fingerprint density at radius 3 is 2.63 bits per heavy atom. The standard InChI is InChI=1S/C28H29ClN2O3S/c1-15-10-16(29)11-21(20(15)12-17-6-4-5-9-34-17)19-7-8-30-22-13-18(35-25(19)22)14-31-26(32)23-24(27(31)33)28(23,2)3/h7-8,10-11,13,17,23-24H,4-6,9,12,14H2,1-3H3/t17-,23?,24?/m0/s1. The van der Waals surface area contributed by atoms with E-state index in [4.69, 9.17) is 16.3 Å². The number of aromatic nitrogens is 1. The molecule has 0 spiro atoms. The third-order valence-corrected chi connectivity index (χ3v) is 9.46. The lowest BCUT2D eigenvalue weighted by Gasteiger charge is -2.25. The van der Waals surface area contributed by atoms with Crippen LogP contribution in [0.4, 0.5) is 0 Å². The van der Waals surface area contributed by atoms with Crippen LogP contribution in [0.5, 0.6) is 0 Å². The second-order valence-electron chi connectivity index (χ2n) is 10.8. The molecule has 3 atom stereocenters. The number of carbonyl (C=O) groups excluding carboxylic acids is 2. The van der Waals surface area contributed by atoms with Gasteiger partial charge in [-0.05, 0) is 79.0 Å². The fraction of sp³-hybridized carbons (Fsp3) is 0.464. The fourth-order valence-corrected chi connectivity index (χ4v) is 7.48. The third kappa shape index (κ3) is 3.81. The first-order valence-electron chi connectivity index (χ1n) is 12.4. The number of rotatable bonds is 5. The molecule has 3 fully saturated rings. The quantitative estimate of drug-likeness (QED) is 0.386. The van der Waals surface area contributed by atoms with Crippen molar-refractivity contribution in [3.8, 4) is 11.1 Å². The first-order chi connectivity index (χ1) is 16.8. The van der Waals surface area contributed by atoms with Crippen LogP contribution in [-0.4, -0.2) is 34.4 Å². The topological polar surface area (TPSA) is 59.5 Å². The zero-order valence-corrected chi connectivity index (χ0v) is 21.8. The normalized spacial score (nSPS) is 25.4. The maximum Gasteiger partial charge on any atom is 0.234 e. The Labute approximate surface area is 214 Å². The molecule has 7 heteroatoms. The molecule has 2 saturated heterocycles. The summed E-state index contributed by atoms with van der Waals surface area (Å²) in [6.45, 7) is 7.27. The second kappa shape index (κ2) is 8.39. The lowest BCUT2D eigenvalue weighted by Crippen LogP contribution is -2.35. The van der Waals surface area contributed by atoms with Crippen LogP contribution in [-0.2, 0) is 27.3 Å². The lowest BCUT2D eigenvalue weighted by molar-refractivity contribution is -0.143. The van der Waals surface area contributed by atoms with Gasteiger partial charge >= 0.3 is 0 Å². The molecule has 3 aliphatic rings. The number of amides is 2. The minimum absolute atomic E-state index is 0.0316. The highest BCUT2D eigenvalue weighted by molar-refractivity contribution is 7.19. The maximum atomic E-state index is 12.9. The van der Waals surface area contributed by atoms with Crippen molar-refractivity contribution in [2.45, 2.75) is 59.1 Å². The molecule has 1 aliphatic carbocycles. The van der Waals surface area contributed by atoms with Gasteiger partial charge < -0.3 is 4.74 Å². The number of hydrogen-bond acceptors (Lipinski definition) is 5. The summed E-state index contributed by atoms with van der Waals surface area (Å²) < 4.78 is 7.11. The number of aryl methyl sites for hydroxylation is 1. The van der Waals surface area contributed by atoms with Crippen LogP contribution in [0.3, 0.4) is 0 Å². The molecule has 35 heavy (non-hydrogen) atoms. The molecule has 6 rings (SSSR count). The number of piperidine rings is 1. The van der Waals surface area contributed by atoms with Gasteiger partial charge in [0, 0.05) is 28.3 Å². The van der Waals surface area contributed by atoms with E-state index >= 15 is 0 Å². The number of fused-ring (bicyclic) bond motifs is 2. The molecule has 2 aromatic heterocycles. The largest absolute Gasteiger partial charge is 0.378 e. The highest BCUT2D eigenvalue weighted by Crippen LogP contribution is 2.63. The van der Waals surface area contributed by atoms with Crippen LogP contribution < -0.4 is 0 Å². The number of ether oxygens (including phenoxy) is 1. The Morgan fingerprint density at radius 2 is 1.91 bits per heavy atom. The number of carbonyl (C=O) groups is 2. The highest BCUT2D eigenvalue weighted by Gasteiger charge is 2.72. The average Bonchev–Trinajstić information content (AvgIpc) is 3.07. The monoisotopic (exact) mass is 508 g/mol. The zero-order valence-electron chi connectivity index (χ0n) is 20.3. The number of hydrogen-bond donors (Lipinski definition) is 0. The predicted octanol–water partition coefficient (Wildman–Crippen LogP) is 6.18. The van der Waals surface area contributed by atoms with E-state index in [9.17, 15) is 9.59 Å². The predicted molar refractivity (Wildman–Crippen MR) is 138 cm³/mol. The van der Waals surface area contributed by atoms with E-state index in [2.05, 4.69) is 11.9 Å². The number of imide groups is 1. The Balaban J connectivity index is 1.35. The van der Waals surface area contributed by atoms with Crippen molar-refractivity contribution in [3.05, 3.63) is 51.5 Å². The molecule has 5 nitrogen and oxygen atoms in total. The molecule has 0 bridgehead atoms. The molecule has 4 heterocycles. The van der Waals surface area contributed by atoms with Crippen LogP contribution in [0.25, 0.3) is 21.3 Å². The zero-order chi connectivity index (χ0) is 24.5. The smallest absolute Gasteiger partial charge is 0.234 e. The number of halogens is 1. The van der Waals surface area contributed by atoms with Crippen molar-refractivity contribution in [2.75, 3.05) is 6.61 Å². The number of benzene rings is 1. The van der Waals surface area contributed by atoms with E-state index in [1.807, 2.05) is 44.3 Å². The van der Waals surface area contributed by atoms with Gasteiger partial charge in [0.2, 0.25) is 11.8 Å². The van der Waals surface area contributed by atoms with Crippen LogP contribution >= 0.6 is 22.9 Å². The molecule has 2 unspecified atom stereocenters. The van der Waals surface area contributed by atoms with E-state index in [1.54, 1.807) is 11.3 Å². The van der Waals surface area contributed by atoms with Crippen molar-refractivity contribution in [1.29, 1.82) is 0 Å². The van der Waals surface area contributed by atoms with Crippen LogP contribution in [0.15, 0.2) is 30.5 Å². The molecular formula is C28H29ClN2O3S. The minimum Gasteiger partial charge on any atom is -0.378 e. The molecule has 1 saturated carbocycles. The Bertz CT molecular complexity index is 1330. The first-order valence-corrected chi connectivity index (χ1v) is 13.6. The summed E-state index contributed by atoms with van der Waals surface area (Å²) in [7, 11) is 0. The summed E-state index contributed by atoms with van der Waals surface area (Å²) in [5.41, 5.74) is 5.31. The van der Waals surface area contributed by atoms with Crippen molar-refractivity contribution in [3.63, 3.8) is 0 Å². The molecule has 3 aromatic rings. The first kappa shape index (κ1) is 23.1. The highest BCUT2D eigenvalue weighted by atomic mass is 35.5. The van der Waals surface area contributed by atoms with Crippen molar-refractivity contribution >= 4 is 45.0 Å². The summed E-state index contributed by atoms with van der Waals surface area (Å²) in [6, 6.07) is 8.13. The van der Waals surface area contributed by atoms with Gasteiger partial charge in [-0.3, -0.25) is 19.5 Å². The Morgan fingerprint density at radius 1 is 1.14 bits per heavy atom. The van der Waals surface area contributed by atoms with Crippen LogP contribution in [0.1, 0.15) is 49.1 Å². The molecule has 0 N–H and O–H groups in total. The summed E-state index contributed by atoms with van der Waals surface area (Å²) >= 11 is 8.14. The van der Waals surface area contributed by atoms with Gasteiger partial charge in [-0.1, -0.05) is 25.4 Å². The van der Waals surface area contributed by atoms with Gasteiger partial charge in [0.15, 0.2) is 0 Å². The maximum absolute atomic E-state index is 12.9. The summed E-state index contributed by atoms with van der Waals surface area (Å²) in [5.74, 6) is -0.374. The number of pyridine rings is 1. The van der Waals surface area contributed by atoms with Gasteiger partial charge in [0.1, 0.15) is 0 Å². The van der Waals surface area contributed by atoms with Crippen LogP contribution in [0.2, 0.25) is 5.02 Å². The molecular weight excluding hydrogens is 480 g/mol. The minimum atomic E-state index is -0.192. The molecule has 1 aromatic carbocycles. The third-order valence-electron chi connectivity index (χ3n) is 8.10. The number of nitrogens with zero attached hydrogens (tertiary/aromatic N) is 2. The van der Waals surface area contributed by atoms with Crippen LogP contribution in [0, 0.1) is 24.2 Å². The molecule has 0 radical (unpaired) electrons. The lowest BCUT2D eigenvalue weighted by atomic mass is 9.90. The summed E-state index contributed by atoms with van der Waals surface area (Å²) in [6.07, 6.45) is 6.32. The number of likely N-dealkylation sites (tertiary alicyclic amines) is 1. The fourth-order valence-electron chi connectivity index (χ4n) is 6.07. The van der Waals surface area contributed by atoms with E-state index < -0.39 is 0 Å². The SMILES string of the molecule is Cc1cc(Cl)cc(-c2ccnc3cc(CN4C(=O)C5C(C4=O)C5(C)C)sc23)c1C[C@@H]1CCCCO1. The molecule has 2 amide bonds. The van der Waals surface area contributed by atoms with Gasteiger partial charge in [0.25, 0.3) is 0 Å². The van der Waals surface area contributed by atoms with E-state index in [0.29, 0.717) is 11.6 Å². The number of thiophene rings is 1. The Kier molecular flexibility index (Phi) is 5.55. The molecule has 2 aliphatic heterocycles. The van der Waals surface area contributed by atoms with Crippen molar-refractivity contribution in [1.82, 2.24) is 9.88 Å². The van der Waals surface area contributed by atoms with E-state index in [0.717, 1.165) is 52.1 Å². The van der Waals surface area contributed by atoms with E-state index in [1.165, 1.54) is 22.4 Å². The van der Waals surface area contributed by atoms with Gasteiger partial charge in [-0.2, -0.15) is 0 Å². The average molecular weight is 509 g/mol. The summed E-state index contributed by atoms with van der Waals surface area (Å²) in [4.78, 5) is 32.7. The van der Waals surface area contributed by atoms with Crippen molar-refractivity contribution < 1.29 is 14.3 Å². The van der Waals surface area contributed by atoms with Gasteiger partial charge in [-0.15, -0.1) is 11.3 Å². The van der Waals surface area contributed by atoms with E-state index in [-0.39, 0.29) is 35.2 Å². The Hall–Kier alpha value is -2.28. The summed E-state index contributed by atoms with van der Waals surface area (Å²) in [5, 5.41) is 0.711. The van der Waals surface area contributed by atoms with Crippen molar-refractivity contribution in [2.24, 2.45) is 17.3 Å². The second-order valence-corrected chi connectivity index (χ2v) is 12.3. The van der Waals surface area contributed by atoms with Gasteiger partial charge in [-0.25, -0.2) is 0 Å². The molecule has 182 valence electrons. The van der Waals surface area contributed by atoms with Gasteiger partial charge in [0.05, 0.1) is 34.7 Å².